The van der Waals surface area contributed by atoms with Gasteiger partial charge in [-0.3, -0.25) is 4.79 Å². The van der Waals surface area contributed by atoms with E-state index in [1.165, 1.54) is 0 Å². The van der Waals surface area contributed by atoms with Gasteiger partial charge in [-0.25, -0.2) is 0 Å². The van der Waals surface area contributed by atoms with Gasteiger partial charge < -0.3 is 15.2 Å². The first kappa shape index (κ1) is 16.8. The van der Waals surface area contributed by atoms with Gasteiger partial charge in [-0.15, -0.1) is 0 Å². The van der Waals surface area contributed by atoms with Crippen molar-refractivity contribution in [2.75, 3.05) is 5.32 Å². The van der Waals surface area contributed by atoms with Crippen LogP contribution in [-0.4, -0.2) is 17.1 Å². The molecular weight excluding hydrogens is 370 g/mol. The second-order valence-electron chi connectivity index (χ2n) is 4.67. The fraction of sp³-hybridized carbons (Fsp3) is 0.188. The Kier molecular flexibility index (Phi) is 5.83. The summed E-state index contributed by atoms with van der Waals surface area (Å²) in [6, 6.07) is 12.1. The van der Waals surface area contributed by atoms with Crippen LogP contribution in [0.5, 0.6) is 5.75 Å². The Balaban J connectivity index is 2.05. The Morgan fingerprint density at radius 3 is 2.82 bits per heavy atom. The Labute approximate surface area is 142 Å². The highest BCUT2D eigenvalue weighted by atomic mass is 79.9. The van der Waals surface area contributed by atoms with Crippen LogP contribution in [0.2, 0.25) is 5.02 Å². The number of aliphatic hydroxyl groups is 1. The second kappa shape index (κ2) is 7.63. The lowest BCUT2D eigenvalue weighted by Gasteiger charge is -2.17. The Bertz CT molecular complexity index is 678. The number of benzene rings is 2. The average Bonchev–Trinajstić information content (AvgIpc) is 2.48. The SMILES string of the molecule is C[C@H](Oc1ccc(Br)cc1CO)C(=O)Nc1cccc(Cl)c1. The summed E-state index contributed by atoms with van der Waals surface area (Å²) in [5.74, 6) is 0.175. The van der Waals surface area contributed by atoms with E-state index in [0.29, 0.717) is 22.0 Å². The van der Waals surface area contributed by atoms with E-state index in [2.05, 4.69) is 21.2 Å². The van der Waals surface area contributed by atoms with Crippen LogP contribution in [0.15, 0.2) is 46.9 Å². The number of nitrogens with one attached hydrogen (secondary N) is 1. The first-order valence-corrected chi connectivity index (χ1v) is 7.79. The molecular formula is C16H15BrClNO3. The van der Waals surface area contributed by atoms with Gasteiger partial charge in [-0.2, -0.15) is 0 Å². The van der Waals surface area contributed by atoms with E-state index in [4.69, 9.17) is 16.3 Å². The maximum absolute atomic E-state index is 12.1. The first-order chi connectivity index (χ1) is 10.5. The molecule has 0 saturated carbocycles. The molecule has 0 heterocycles. The molecule has 0 unspecified atom stereocenters. The van der Waals surface area contributed by atoms with E-state index in [9.17, 15) is 9.90 Å². The second-order valence-corrected chi connectivity index (χ2v) is 6.02. The van der Waals surface area contributed by atoms with Gasteiger partial charge in [0.15, 0.2) is 6.10 Å². The smallest absolute Gasteiger partial charge is 0.265 e. The fourth-order valence-electron chi connectivity index (χ4n) is 1.84. The van der Waals surface area contributed by atoms with Crippen LogP contribution in [0.25, 0.3) is 0 Å². The first-order valence-electron chi connectivity index (χ1n) is 6.62. The molecule has 0 saturated heterocycles. The summed E-state index contributed by atoms with van der Waals surface area (Å²) >= 11 is 9.20. The molecule has 1 atom stereocenters. The minimum atomic E-state index is -0.717. The Morgan fingerprint density at radius 1 is 1.36 bits per heavy atom. The molecule has 1 amide bonds. The summed E-state index contributed by atoms with van der Waals surface area (Å²) in [5, 5.41) is 12.6. The molecule has 0 fully saturated rings. The van der Waals surface area contributed by atoms with Crippen LogP contribution in [-0.2, 0) is 11.4 Å². The van der Waals surface area contributed by atoms with Crippen molar-refractivity contribution in [2.24, 2.45) is 0 Å². The summed E-state index contributed by atoms with van der Waals surface area (Å²) in [6.45, 7) is 1.47. The van der Waals surface area contributed by atoms with Crippen LogP contribution >= 0.6 is 27.5 Å². The number of anilines is 1. The summed E-state index contributed by atoms with van der Waals surface area (Å²) in [4.78, 5) is 12.1. The van der Waals surface area contributed by atoms with Crippen molar-refractivity contribution < 1.29 is 14.6 Å². The minimum absolute atomic E-state index is 0.169. The summed E-state index contributed by atoms with van der Waals surface area (Å²) in [6.07, 6.45) is -0.717. The molecule has 0 aliphatic rings. The van der Waals surface area contributed by atoms with Crippen LogP contribution in [0, 0.1) is 0 Å². The lowest BCUT2D eigenvalue weighted by Crippen LogP contribution is -2.30. The van der Waals surface area contributed by atoms with Crippen LogP contribution in [0.1, 0.15) is 12.5 Å². The molecule has 116 valence electrons. The van der Waals surface area contributed by atoms with Crippen LogP contribution < -0.4 is 10.1 Å². The number of rotatable bonds is 5. The molecule has 0 spiro atoms. The van der Waals surface area contributed by atoms with E-state index in [0.717, 1.165) is 4.47 Å². The molecule has 2 rings (SSSR count). The van der Waals surface area contributed by atoms with Gasteiger partial charge in [-0.1, -0.05) is 33.6 Å². The van der Waals surface area contributed by atoms with Crippen molar-refractivity contribution in [1.82, 2.24) is 0 Å². The van der Waals surface area contributed by atoms with Gasteiger partial charge in [0.1, 0.15) is 5.75 Å². The average molecular weight is 385 g/mol. The van der Waals surface area contributed by atoms with Crippen molar-refractivity contribution in [2.45, 2.75) is 19.6 Å². The molecule has 4 nitrogen and oxygen atoms in total. The molecule has 2 N–H and O–H groups in total. The number of aliphatic hydroxyl groups excluding tert-OH is 1. The van der Waals surface area contributed by atoms with Gasteiger partial charge in [0.2, 0.25) is 0 Å². The highest BCUT2D eigenvalue weighted by Crippen LogP contribution is 2.24. The number of hydrogen-bond donors (Lipinski definition) is 2. The molecule has 6 heteroatoms. The minimum Gasteiger partial charge on any atom is -0.481 e. The maximum Gasteiger partial charge on any atom is 0.265 e. The van der Waals surface area contributed by atoms with E-state index >= 15 is 0 Å². The lowest BCUT2D eigenvalue weighted by molar-refractivity contribution is -0.122. The number of hydrogen-bond acceptors (Lipinski definition) is 3. The lowest BCUT2D eigenvalue weighted by atomic mass is 10.2. The zero-order valence-electron chi connectivity index (χ0n) is 11.8. The normalized spacial score (nSPS) is 11.8. The standard InChI is InChI=1S/C16H15BrClNO3/c1-10(16(21)19-14-4-2-3-13(18)8-14)22-15-6-5-12(17)7-11(15)9-20/h2-8,10,20H,9H2,1H3,(H,19,21)/t10-/m0/s1. The third-order valence-electron chi connectivity index (χ3n) is 2.96. The fourth-order valence-corrected chi connectivity index (χ4v) is 2.44. The van der Waals surface area contributed by atoms with Gasteiger partial charge in [0.25, 0.3) is 5.91 Å². The molecule has 0 aliphatic carbocycles. The molecule has 0 radical (unpaired) electrons. The van der Waals surface area contributed by atoms with E-state index in [1.54, 1.807) is 49.4 Å². The highest BCUT2D eigenvalue weighted by Gasteiger charge is 2.16. The highest BCUT2D eigenvalue weighted by molar-refractivity contribution is 9.10. The van der Waals surface area contributed by atoms with Gasteiger partial charge in [0, 0.05) is 20.7 Å². The van der Waals surface area contributed by atoms with Crippen LogP contribution in [0.4, 0.5) is 5.69 Å². The number of carbonyl (C=O) groups is 1. The molecule has 2 aromatic carbocycles. The quantitative estimate of drug-likeness (QED) is 0.819. The maximum atomic E-state index is 12.1. The Morgan fingerprint density at radius 2 is 2.14 bits per heavy atom. The third-order valence-corrected chi connectivity index (χ3v) is 3.69. The van der Waals surface area contributed by atoms with E-state index in [1.807, 2.05) is 0 Å². The zero-order valence-corrected chi connectivity index (χ0v) is 14.2. The Hall–Kier alpha value is -1.56. The topological polar surface area (TPSA) is 58.6 Å². The van der Waals surface area contributed by atoms with Crippen molar-refractivity contribution in [3.63, 3.8) is 0 Å². The van der Waals surface area contributed by atoms with Gasteiger partial charge in [0.05, 0.1) is 6.61 Å². The monoisotopic (exact) mass is 383 g/mol. The molecule has 2 aromatic rings. The molecule has 0 aromatic heterocycles. The number of halogens is 2. The van der Waals surface area contributed by atoms with E-state index in [-0.39, 0.29) is 12.5 Å². The van der Waals surface area contributed by atoms with E-state index < -0.39 is 6.10 Å². The predicted octanol–water partition coefficient (Wildman–Crippen LogP) is 4.00. The number of carbonyl (C=O) groups excluding carboxylic acids is 1. The third kappa shape index (κ3) is 4.47. The van der Waals surface area contributed by atoms with Gasteiger partial charge in [-0.05, 0) is 43.3 Å². The zero-order chi connectivity index (χ0) is 16.1. The van der Waals surface area contributed by atoms with Crippen molar-refractivity contribution in [1.29, 1.82) is 0 Å². The van der Waals surface area contributed by atoms with Crippen molar-refractivity contribution in [3.8, 4) is 5.75 Å². The summed E-state index contributed by atoms with van der Waals surface area (Å²) in [5.41, 5.74) is 1.21. The molecule has 22 heavy (non-hydrogen) atoms. The number of ether oxygens (including phenoxy) is 1. The molecule has 0 aliphatic heterocycles. The summed E-state index contributed by atoms with van der Waals surface area (Å²) in [7, 11) is 0. The number of amides is 1. The van der Waals surface area contributed by atoms with Crippen LogP contribution in [0.3, 0.4) is 0 Å². The van der Waals surface area contributed by atoms with Gasteiger partial charge >= 0.3 is 0 Å². The van der Waals surface area contributed by atoms with Crippen molar-refractivity contribution >= 4 is 39.1 Å². The molecule has 0 bridgehead atoms. The predicted molar refractivity (Wildman–Crippen MR) is 90.2 cm³/mol. The van der Waals surface area contributed by atoms with Crippen molar-refractivity contribution in [3.05, 3.63) is 57.5 Å². The largest absolute Gasteiger partial charge is 0.481 e. The summed E-state index contributed by atoms with van der Waals surface area (Å²) < 4.78 is 6.46.